The van der Waals surface area contributed by atoms with Crippen LogP contribution in [-0.4, -0.2) is 4.98 Å². The standard InChI is InChI=1S/C21H27NO/c1-3-5-7-8-9-20-13-10-19(17-22-20)18-11-14-21(15-12-18)23-16-6-4-2/h6,10-17H,3-5,7-9H2,1-2H3/b16-6+. The number of ether oxygens (including phenoxy) is 1. The van der Waals surface area contributed by atoms with Crippen molar-refractivity contribution in [2.24, 2.45) is 0 Å². The molecule has 0 fully saturated rings. The lowest BCUT2D eigenvalue weighted by Crippen LogP contribution is -1.91. The van der Waals surface area contributed by atoms with Gasteiger partial charge in [0, 0.05) is 17.5 Å². The molecular formula is C21H27NO. The Morgan fingerprint density at radius 1 is 0.913 bits per heavy atom. The largest absolute Gasteiger partial charge is 0.465 e. The maximum absolute atomic E-state index is 5.52. The predicted octanol–water partition coefficient (Wildman–Crippen LogP) is 6.17. The van der Waals surface area contributed by atoms with Gasteiger partial charge in [0.1, 0.15) is 5.75 Å². The van der Waals surface area contributed by atoms with Gasteiger partial charge < -0.3 is 4.74 Å². The summed E-state index contributed by atoms with van der Waals surface area (Å²) in [5, 5.41) is 0. The lowest BCUT2D eigenvalue weighted by molar-refractivity contribution is 0.479. The molecule has 2 nitrogen and oxygen atoms in total. The Bertz CT molecular complexity index is 584. The highest BCUT2D eigenvalue weighted by molar-refractivity contribution is 5.63. The van der Waals surface area contributed by atoms with Crippen molar-refractivity contribution in [2.75, 3.05) is 0 Å². The average Bonchev–Trinajstić information content (AvgIpc) is 2.60. The molecule has 1 aromatic heterocycles. The van der Waals surface area contributed by atoms with E-state index in [2.05, 4.69) is 43.1 Å². The van der Waals surface area contributed by atoms with Crippen molar-refractivity contribution < 1.29 is 4.74 Å². The fraction of sp³-hybridized carbons (Fsp3) is 0.381. The zero-order valence-corrected chi connectivity index (χ0v) is 14.3. The van der Waals surface area contributed by atoms with E-state index in [1.165, 1.54) is 36.9 Å². The van der Waals surface area contributed by atoms with Gasteiger partial charge in [-0.2, -0.15) is 0 Å². The Morgan fingerprint density at radius 3 is 2.35 bits per heavy atom. The molecule has 0 saturated heterocycles. The van der Waals surface area contributed by atoms with Gasteiger partial charge in [0.25, 0.3) is 0 Å². The first-order valence-electron chi connectivity index (χ1n) is 8.70. The lowest BCUT2D eigenvalue weighted by Gasteiger charge is -2.05. The van der Waals surface area contributed by atoms with Crippen molar-refractivity contribution in [3.8, 4) is 16.9 Å². The zero-order chi connectivity index (χ0) is 16.3. The van der Waals surface area contributed by atoms with Crippen LogP contribution in [0.3, 0.4) is 0 Å². The fourth-order valence-electron chi connectivity index (χ4n) is 2.42. The number of aromatic nitrogens is 1. The normalized spacial score (nSPS) is 11.0. The maximum atomic E-state index is 5.52. The molecule has 0 aliphatic carbocycles. The molecule has 0 saturated carbocycles. The Labute approximate surface area is 140 Å². The molecule has 23 heavy (non-hydrogen) atoms. The number of unbranched alkanes of at least 4 members (excludes halogenated alkanes) is 3. The molecule has 0 unspecified atom stereocenters. The smallest absolute Gasteiger partial charge is 0.126 e. The van der Waals surface area contributed by atoms with E-state index in [1.807, 2.05) is 24.4 Å². The molecule has 0 aliphatic rings. The van der Waals surface area contributed by atoms with Crippen LogP contribution in [-0.2, 0) is 6.42 Å². The Hall–Kier alpha value is -2.09. The summed E-state index contributed by atoms with van der Waals surface area (Å²) in [5.41, 5.74) is 3.51. The van der Waals surface area contributed by atoms with E-state index < -0.39 is 0 Å². The van der Waals surface area contributed by atoms with Crippen LogP contribution >= 0.6 is 0 Å². The summed E-state index contributed by atoms with van der Waals surface area (Å²) in [5.74, 6) is 0.860. The first-order chi connectivity index (χ1) is 11.3. The third kappa shape index (κ3) is 5.90. The number of pyridine rings is 1. The van der Waals surface area contributed by atoms with Crippen molar-refractivity contribution >= 4 is 0 Å². The van der Waals surface area contributed by atoms with Gasteiger partial charge in [-0.15, -0.1) is 0 Å². The third-order valence-electron chi connectivity index (χ3n) is 3.83. The van der Waals surface area contributed by atoms with Crippen molar-refractivity contribution in [3.63, 3.8) is 0 Å². The van der Waals surface area contributed by atoms with Gasteiger partial charge in [0.15, 0.2) is 0 Å². The Balaban J connectivity index is 1.92. The third-order valence-corrected chi connectivity index (χ3v) is 3.83. The Morgan fingerprint density at radius 2 is 1.70 bits per heavy atom. The van der Waals surface area contributed by atoms with Gasteiger partial charge >= 0.3 is 0 Å². The summed E-state index contributed by atoms with van der Waals surface area (Å²) < 4.78 is 5.52. The van der Waals surface area contributed by atoms with Gasteiger partial charge in [-0.3, -0.25) is 4.98 Å². The highest BCUT2D eigenvalue weighted by Gasteiger charge is 2.00. The summed E-state index contributed by atoms with van der Waals surface area (Å²) in [6.07, 6.45) is 12.9. The van der Waals surface area contributed by atoms with Gasteiger partial charge in [-0.1, -0.05) is 51.3 Å². The molecule has 0 amide bonds. The van der Waals surface area contributed by atoms with Crippen LogP contribution in [0, 0.1) is 0 Å². The predicted molar refractivity (Wildman–Crippen MR) is 97.6 cm³/mol. The number of hydrogen-bond acceptors (Lipinski definition) is 2. The second-order valence-electron chi connectivity index (χ2n) is 5.77. The van der Waals surface area contributed by atoms with Crippen LogP contribution in [0.5, 0.6) is 5.75 Å². The van der Waals surface area contributed by atoms with Crippen LogP contribution < -0.4 is 4.74 Å². The lowest BCUT2D eigenvalue weighted by atomic mass is 10.1. The molecule has 122 valence electrons. The average molecular weight is 309 g/mol. The van der Waals surface area contributed by atoms with Crippen molar-refractivity contribution in [1.82, 2.24) is 4.98 Å². The zero-order valence-electron chi connectivity index (χ0n) is 14.3. The number of nitrogens with zero attached hydrogens (tertiary/aromatic N) is 1. The number of aryl methyl sites for hydroxylation is 1. The summed E-state index contributed by atoms with van der Waals surface area (Å²) in [6, 6.07) is 12.5. The molecule has 2 heteroatoms. The molecule has 0 bridgehead atoms. The molecule has 2 aromatic rings. The van der Waals surface area contributed by atoms with Crippen molar-refractivity contribution in [1.29, 1.82) is 0 Å². The fourth-order valence-corrected chi connectivity index (χ4v) is 2.42. The molecule has 0 aliphatic heterocycles. The summed E-state index contributed by atoms with van der Waals surface area (Å²) in [4.78, 5) is 4.59. The van der Waals surface area contributed by atoms with Gasteiger partial charge in [0.2, 0.25) is 0 Å². The van der Waals surface area contributed by atoms with E-state index in [-0.39, 0.29) is 0 Å². The van der Waals surface area contributed by atoms with Gasteiger partial charge in [-0.25, -0.2) is 0 Å². The molecule has 1 aromatic carbocycles. The summed E-state index contributed by atoms with van der Waals surface area (Å²) in [7, 11) is 0. The molecule has 2 rings (SSSR count). The minimum atomic E-state index is 0.860. The molecule has 0 N–H and O–H groups in total. The van der Waals surface area contributed by atoms with E-state index in [4.69, 9.17) is 4.74 Å². The van der Waals surface area contributed by atoms with E-state index >= 15 is 0 Å². The minimum Gasteiger partial charge on any atom is -0.465 e. The van der Waals surface area contributed by atoms with Crippen molar-refractivity contribution in [3.05, 3.63) is 60.6 Å². The number of benzene rings is 1. The first kappa shape index (κ1) is 17.3. The highest BCUT2D eigenvalue weighted by atomic mass is 16.5. The van der Waals surface area contributed by atoms with Crippen LogP contribution in [0.1, 0.15) is 51.6 Å². The molecular weight excluding hydrogens is 282 g/mol. The molecule has 0 atom stereocenters. The van der Waals surface area contributed by atoms with Crippen LogP contribution in [0.25, 0.3) is 11.1 Å². The number of hydrogen-bond donors (Lipinski definition) is 0. The second-order valence-corrected chi connectivity index (χ2v) is 5.77. The van der Waals surface area contributed by atoms with Gasteiger partial charge in [-0.05, 0) is 49.1 Å². The molecule has 1 heterocycles. The molecule has 0 spiro atoms. The Kier molecular flexibility index (Phi) is 7.38. The molecule has 0 radical (unpaired) electrons. The van der Waals surface area contributed by atoms with E-state index in [0.717, 1.165) is 24.2 Å². The topological polar surface area (TPSA) is 22.1 Å². The van der Waals surface area contributed by atoms with Gasteiger partial charge in [0.05, 0.1) is 6.26 Å². The minimum absolute atomic E-state index is 0.860. The van der Waals surface area contributed by atoms with Crippen LogP contribution in [0.4, 0.5) is 0 Å². The van der Waals surface area contributed by atoms with E-state index in [1.54, 1.807) is 6.26 Å². The number of allylic oxidation sites excluding steroid dienone is 1. The monoisotopic (exact) mass is 309 g/mol. The van der Waals surface area contributed by atoms with Crippen LogP contribution in [0.2, 0.25) is 0 Å². The maximum Gasteiger partial charge on any atom is 0.126 e. The van der Waals surface area contributed by atoms with Crippen molar-refractivity contribution in [2.45, 2.75) is 52.4 Å². The first-order valence-corrected chi connectivity index (χ1v) is 8.70. The summed E-state index contributed by atoms with van der Waals surface area (Å²) >= 11 is 0. The van der Waals surface area contributed by atoms with Crippen LogP contribution in [0.15, 0.2) is 54.9 Å². The number of rotatable bonds is 9. The summed E-state index contributed by atoms with van der Waals surface area (Å²) in [6.45, 7) is 4.33. The second kappa shape index (κ2) is 9.83. The van der Waals surface area contributed by atoms with E-state index in [9.17, 15) is 0 Å². The highest BCUT2D eigenvalue weighted by Crippen LogP contribution is 2.22. The van der Waals surface area contributed by atoms with E-state index in [0.29, 0.717) is 0 Å². The quantitative estimate of drug-likeness (QED) is 0.408. The SMILES string of the molecule is CC/C=C/Oc1ccc(-c2ccc(CCCCCC)nc2)cc1.